The van der Waals surface area contributed by atoms with E-state index in [4.69, 9.17) is 4.74 Å². The summed E-state index contributed by atoms with van der Waals surface area (Å²) in [4.78, 5) is 8.17. The summed E-state index contributed by atoms with van der Waals surface area (Å²) >= 11 is 0. The molecule has 0 spiro atoms. The second kappa shape index (κ2) is 5.55. The van der Waals surface area contributed by atoms with Crippen LogP contribution in [0.5, 0.6) is 5.88 Å². The zero-order valence-corrected chi connectivity index (χ0v) is 10.2. The second-order valence-electron chi connectivity index (χ2n) is 3.76. The highest BCUT2D eigenvalue weighted by molar-refractivity contribution is 5.29. The van der Waals surface area contributed by atoms with Gasteiger partial charge in [0.15, 0.2) is 0 Å². The van der Waals surface area contributed by atoms with Crippen molar-refractivity contribution in [2.24, 2.45) is 0 Å². The van der Waals surface area contributed by atoms with E-state index in [1.165, 1.54) is 18.5 Å². The van der Waals surface area contributed by atoms with E-state index in [9.17, 15) is 4.39 Å². The fourth-order valence-electron chi connectivity index (χ4n) is 1.76. The number of rotatable bonds is 4. The van der Waals surface area contributed by atoms with Crippen LogP contribution in [0, 0.1) is 5.82 Å². The maximum absolute atomic E-state index is 12.9. The molecule has 1 aromatic carbocycles. The molecule has 0 aliphatic carbocycles. The Kier molecular flexibility index (Phi) is 3.84. The minimum absolute atomic E-state index is 0.123. The first-order valence-corrected chi connectivity index (χ1v) is 5.53. The van der Waals surface area contributed by atoms with Crippen molar-refractivity contribution in [2.75, 3.05) is 14.2 Å². The summed E-state index contributed by atoms with van der Waals surface area (Å²) in [6.45, 7) is 0. The Morgan fingerprint density at radius 2 is 1.94 bits per heavy atom. The minimum Gasteiger partial charge on any atom is -0.481 e. The van der Waals surface area contributed by atoms with Crippen LogP contribution in [-0.4, -0.2) is 24.1 Å². The lowest BCUT2D eigenvalue weighted by molar-refractivity contribution is 0.395. The summed E-state index contributed by atoms with van der Waals surface area (Å²) in [5, 5.41) is 3.14. The predicted octanol–water partition coefficient (Wildman–Crippen LogP) is 1.93. The smallest absolute Gasteiger partial charge is 0.216 e. The number of nitrogens with one attached hydrogen (secondary N) is 1. The van der Waals surface area contributed by atoms with Gasteiger partial charge in [-0.3, -0.25) is 0 Å². The lowest BCUT2D eigenvalue weighted by Crippen LogP contribution is -2.19. The van der Waals surface area contributed by atoms with Crippen LogP contribution in [0.4, 0.5) is 4.39 Å². The summed E-state index contributed by atoms with van der Waals surface area (Å²) in [6, 6.07) is 7.94. The molecule has 0 amide bonds. The van der Waals surface area contributed by atoms with Crippen molar-refractivity contribution in [1.29, 1.82) is 0 Å². The van der Waals surface area contributed by atoms with E-state index in [0.29, 0.717) is 5.88 Å². The van der Waals surface area contributed by atoms with Gasteiger partial charge in [-0.2, -0.15) is 0 Å². The summed E-state index contributed by atoms with van der Waals surface area (Å²) in [5.41, 5.74) is 1.70. The average molecular weight is 247 g/mol. The molecule has 0 aliphatic rings. The van der Waals surface area contributed by atoms with Crippen molar-refractivity contribution in [2.45, 2.75) is 6.04 Å². The molecule has 1 atom stereocenters. The first kappa shape index (κ1) is 12.4. The normalized spacial score (nSPS) is 12.2. The number of nitrogens with zero attached hydrogens (tertiary/aromatic N) is 2. The van der Waals surface area contributed by atoms with E-state index < -0.39 is 0 Å². The van der Waals surface area contributed by atoms with Gasteiger partial charge in [0.25, 0.3) is 0 Å². The van der Waals surface area contributed by atoms with E-state index >= 15 is 0 Å². The average Bonchev–Trinajstić information content (AvgIpc) is 2.42. The van der Waals surface area contributed by atoms with Gasteiger partial charge < -0.3 is 10.1 Å². The summed E-state index contributed by atoms with van der Waals surface area (Å²) in [5.74, 6) is 0.247. The van der Waals surface area contributed by atoms with Crippen LogP contribution in [0.1, 0.15) is 17.3 Å². The summed E-state index contributed by atoms with van der Waals surface area (Å²) in [7, 11) is 3.38. The van der Waals surface area contributed by atoms with E-state index in [1.54, 1.807) is 25.3 Å². The number of aromatic nitrogens is 2. The molecule has 0 aliphatic heterocycles. The molecule has 2 aromatic rings. The number of benzene rings is 1. The van der Waals surface area contributed by atoms with Gasteiger partial charge in [-0.15, -0.1) is 0 Å². The molecule has 5 heteroatoms. The molecule has 94 valence electrons. The van der Waals surface area contributed by atoms with Crippen LogP contribution in [0.15, 0.2) is 36.7 Å². The Hall–Kier alpha value is -2.01. The molecule has 18 heavy (non-hydrogen) atoms. The maximum atomic E-state index is 12.9. The van der Waals surface area contributed by atoms with Crippen LogP contribution < -0.4 is 10.1 Å². The summed E-state index contributed by atoms with van der Waals surface area (Å²) in [6.07, 6.45) is 1.45. The number of methoxy groups -OCH3 is 1. The van der Waals surface area contributed by atoms with Gasteiger partial charge in [-0.25, -0.2) is 14.4 Å². The molecule has 1 N–H and O–H groups in total. The molecule has 0 fully saturated rings. The van der Waals surface area contributed by atoms with Crippen molar-refractivity contribution < 1.29 is 9.13 Å². The Bertz CT molecular complexity index is 516. The van der Waals surface area contributed by atoms with Gasteiger partial charge in [0.05, 0.1) is 18.8 Å². The number of halogens is 1. The van der Waals surface area contributed by atoms with Crippen LogP contribution in [0.2, 0.25) is 0 Å². The fraction of sp³-hybridized carbons (Fsp3) is 0.231. The van der Waals surface area contributed by atoms with Gasteiger partial charge >= 0.3 is 0 Å². The van der Waals surface area contributed by atoms with E-state index in [-0.39, 0.29) is 11.9 Å². The van der Waals surface area contributed by atoms with Gasteiger partial charge in [0.2, 0.25) is 5.88 Å². The van der Waals surface area contributed by atoms with Gasteiger partial charge in [0.1, 0.15) is 12.1 Å². The molecule has 1 unspecified atom stereocenters. The SMILES string of the molecule is CNC(c1ccc(F)cc1)c1cc(OC)ncn1. The highest BCUT2D eigenvalue weighted by Crippen LogP contribution is 2.21. The topological polar surface area (TPSA) is 47.0 Å². The first-order valence-electron chi connectivity index (χ1n) is 5.53. The zero-order chi connectivity index (χ0) is 13.0. The zero-order valence-electron chi connectivity index (χ0n) is 10.2. The number of hydrogen-bond donors (Lipinski definition) is 1. The van der Waals surface area contributed by atoms with Crippen molar-refractivity contribution in [1.82, 2.24) is 15.3 Å². The largest absolute Gasteiger partial charge is 0.481 e. The Morgan fingerprint density at radius 1 is 1.22 bits per heavy atom. The molecular weight excluding hydrogens is 233 g/mol. The van der Waals surface area contributed by atoms with Gasteiger partial charge in [0, 0.05) is 6.07 Å². The molecule has 0 saturated heterocycles. The highest BCUT2D eigenvalue weighted by atomic mass is 19.1. The highest BCUT2D eigenvalue weighted by Gasteiger charge is 2.14. The first-order chi connectivity index (χ1) is 8.74. The van der Waals surface area contributed by atoms with E-state index in [1.807, 2.05) is 7.05 Å². The Morgan fingerprint density at radius 3 is 2.56 bits per heavy atom. The van der Waals surface area contributed by atoms with E-state index in [2.05, 4.69) is 15.3 Å². The molecule has 1 aromatic heterocycles. The fourth-order valence-corrected chi connectivity index (χ4v) is 1.76. The standard InChI is InChI=1S/C13H14FN3O/c1-15-13(9-3-5-10(14)6-4-9)11-7-12(18-2)17-8-16-11/h3-8,13,15H,1-2H3. The lowest BCUT2D eigenvalue weighted by Gasteiger charge is -2.16. The third kappa shape index (κ3) is 2.62. The number of hydrogen-bond acceptors (Lipinski definition) is 4. The molecule has 2 rings (SSSR count). The maximum Gasteiger partial charge on any atom is 0.216 e. The van der Waals surface area contributed by atoms with Crippen molar-refractivity contribution in [3.63, 3.8) is 0 Å². The monoisotopic (exact) mass is 247 g/mol. The van der Waals surface area contributed by atoms with Crippen molar-refractivity contribution in [3.05, 3.63) is 53.7 Å². The molecule has 0 bridgehead atoms. The quantitative estimate of drug-likeness (QED) is 0.896. The second-order valence-corrected chi connectivity index (χ2v) is 3.76. The molecule has 0 radical (unpaired) electrons. The van der Waals surface area contributed by atoms with Crippen LogP contribution >= 0.6 is 0 Å². The molecule has 1 heterocycles. The Balaban J connectivity index is 2.35. The van der Waals surface area contributed by atoms with Crippen LogP contribution in [-0.2, 0) is 0 Å². The molecular formula is C13H14FN3O. The third-order valence-corrected chi connectivity index (χ3v) is 2.66. The molecule has 4 nitrogen and oxygen atoms in total. The predicted molar refractivity (Wildman–Crippen MR) is 65.9 cm³/mol. The van der Waals surface area contributed by atoms with Gasteiger partial charge in [-0.1, -0.05) is 12.1 Å². The van der Waals surface area contributed by atoms with Crippen molar-refractivity contribution in [3.8, 4) is 5.88 Å². The van der Waals surface area contributed by atoms with Crippen molar-refractivity contribution >= 4 is 0 Å². The van der Waals surface area contributed by atoms with E-state index in [0.717, 1.165) is 11.3 Å². The van der Waals surface area contributed by atoms with Gasteiger partial charge in [-0.05, 0) is 24.7 Å². The lowest BCUT2D eigenvalue weighted by atomic mass is 10.0. The van der Waals surface area contributed by atoms with Crippen LogP contribution in [0.3, 0.4) is 0 Å². The number of ether oxygens (including phenoxy) is 1. The summed E-state index contributed by atoms with van der Waals surface area (Å²) < 4.78 is 18.0. The Labute approximate surface area is 105 Å². The third-order valence-electron chi connectivity index (χ3n) is 2.66. The molecule has 0 saturated carbocycles. The van der Waals surface area contributed by atoms with Crippen LogP contribution in [0.25, 0.3) is 0 Å². The minimum atomic E-state index is -0.256.